The minimum absolute atomic E-state index is 0.0264. The van der Waals surface area contributed by atoms with Crippen molar-refractivity contribution >= 4 is 34.9 Å². The maximum absolute atomic E-state index is 13.0. The Bertz CT molecular complexity index is 1450. The molecular formula is C36H48N4O4. The van der Waals surface area contributed by atoms with Crippen molar-refractivity contribution in [2.24, 2.45) is 0 Å². The number of Topliss-reactive ketones (excluding diaryl/α,β-unsaturated/α-hetero) is 1. The normalized spacial score (nSPS) is 14.7. The molecule has 3 aromatic rings. The van der Waals surface area contributed by atoms with Crippen molar-refractivity contribution < 1.29 is 19.5 Å². The number of aliphatic hydroxyl groups is 1. The van der Waals surface area contributed by atoms with Crippen LogP contribution in [-0.4, -0.2) is 65.4 Å². The number of hydrogen-bond donors (Lipinski definition) is 4. The highest BCUT2D eigenvalue weighted by atomic mass is 16.2. The molecule has 0 spiro atoms. The molecule has 1 aromatic heterocycles. The number of hydrogen-bond acceptors (Lipinski definition) is 5. The fourth-order valence-electron chi connectivity index (χ4n) is 5.24. The van der Waals surface area contributed by atoms with E-state index < -0.39 is 0 Å². The van der Waals surface area contributed by atoms with Crippen LogP contribution in [0.4, 0.5) is 5.69 Å². The monoisotopic (exact) mass is 600 g/mol. The number of nitrogens with one attached hydrogen (secondary N) is 3. The number of ketones is 1. The molecule has 2 aliphatic heterocycles. The summed E-state index contributed by atoms with van der Waals surface area (Å²) in [6.45, 7) is 13.9. The van der Waals surface area contributed by atoms with E-state index >= 15 is 0 Å². The summed E-state index contributed by atoms with van der Waals surface area (Å²) in [7, 11) is 0. The first-order chi connectivity index (χ1) is 21.2. The number of aliphatic hydroxyl groups excluding tert-OH is 1. The Morgan fingerprint density at radius 1 is 1.07 bits per heavy atom. The highest BCUT2D eigenvalue weighted by Crippen LogP contribution is 2.40. The largest absolute Gasteiger partial charge is 0.396 e. The van der Waals surface area contributed by atoms with Crippen molar-refractivity contribution in [3.63, 3.8) is 0 Å². The fraction of sp³-hybridized carbons (Fsp3) is 0.417. The summed E-state index contributed by atoms with van der Waals surface area (Å²) in [5.74, 6) is -0.325. The molecule has 8 nitrogen and oxygen atoms in total. The molecule has 0 aliphatic carbocycles. The van der Waals surface area contributed by atoms with Crippen LogP contribution in [0, 0.1) is 6.92 Å². The van der Waals surface area contributed by atoms with Gasteiger partial charge in [0.1, 0.15) is 0 Å². The molecule has 2 aliphatic rings. The van der Waals surface area contributed by atoms with Gasteiger partial charge in [-0.25, -0.2) is 0 Å². The van der Waals surface area contributed by atoms with Crippen LogP contribution in [0.25, 0.3) is 22.8 Å². The quantitative estimate of drug-likeness (QED) is 0.124. The molecule has 2 aromatic carbocycles. The van der Waals surface area contributed by atoms with E-state index in [1.54, 1.807) is 12.3 Å². The number of nitrogens with zero attached hydrogens (tertiary/aromatic N) is 1. The van der Waals surface area contributed by atoms with E-state index in [4.69, 9.17) is 5.11 Å². The Labute approximate surface area is 262 Å². The van der Waals surface area contributed by atoms with Gasteiger partial charge in [-0.05, 0) is 100 Å². The summed E-state index contributed by atoms with van der Waals surface area (Å²) in [4.78, 5) is 43.3. The SMILES string of the molecule is CC(=O)c1c[nH]c(/C=C2\C(=O)Nc3cccc(-c4cccc(C(=O)NCCCN5CCCC5)c4)c32)c1C.CCC.CCCO. The number of carbonyl (C=O) groups excluding carboxylic acids is 3. The van der Waals surface area contributed by atoms with E-state index in [1.807, 2.05) is 56.3 Å². The molecule has 0 atom stereocenters. The Hall–Kier alpha value is -4.01. The molecule has 236 valence electrons. The zero-order chi connectivity index (χ0) is 32.1. The number of rotatable bonds is 9. The number of aromatic amines is 1. The summed E-state index contributed by atoms with van der Waals surface area (Å²) < 4.78 is 0. The van der Waals surface area contributed by atoms with E-state index in [0.29, 0.717) is 29.9 Å². The van der Waals surface area contributed by atoms with E-state index in [9.17, 15) is 14.4 Å². The van der Waals surface area contributed by atoms with Gasteiger partial charge >= 0.3 is 0 Å². The second kappa shape index (κ2) is 17.3. The van der Waals surface area contributed by atoms with Crippen LogP contribution in [0.2, 0.25) is 0 Å². The molecule has 44 heavy (non-hydrogen) atoms. The van der Waals surface area contributed by atoms with Crippen molar-refractivity contribution in [3.05, 3.63) is 76.6 Å². The third-order valence-corrected chi connectivity index (χ3v) is 7.47. The number of amides is 2. The molecule has 5 rings (SSSR count). The van der Waals surface area contributed by atoms with E-state index in [-0.39, 0.29) is 17.6 Å². The van der Waals surface area contributed by atoms with Gasteiger partial charge in [0.2, 0.25) is 0 Å². The second-order valence-corrected chi connectivity index (χ2v) is 11.2. The molecule has 8 heteroatoms. The first-order valence-electron chi connectivity index (χ1n) is 15.8. The van der Waals surface area contributed by atoms with Gasteiger partial charge < -0.3 is 25.6 Å². The lowest BCUT2D eigenvalue weighted by Crippen LogP contribution is -2.28. The molecule has 2 amide bonds. The molecule has 0 saturated carbocycles. The van der Waals surface area contributed by atoms with Gasteiger partial charge in [-0.15, -0.1) is 0 Å². The lowest BCUT2D eigenvalue weighted by molar-refractivity contribution is -0.110. The first-order valence-corrected chi connectivity index (χ1v) is 15.8. The smallest absolute Gasteiger partial charge is 0.256 e. The highest BCUT2D eigenvalue weighted by Gasteiger charge is 2.28. The van der Waals surface area contributed by atoms with Crippen molar-refractivity contribution in [3.8, 4) is 11.1 Å². The number of anilines is 1. The van der Waals surface area contributed by atoms with Crippen molar-refractivity contribution in [1.29, 1.82) is 0 Å². The van der Waals surface area contributed by atoms with Crippen LogP contribution in [0.1, 0.15) is 97.3 Å². The number of carbonyl (C=O) groups is 3. The maximum Gasteiger partial charge on any atom is 0.256 e. The van der Waals surface area contributed by atoms with Gasteiger partial charge in [0.15, 0.2) is 5.78 Å². The minimum atomic E-state index is -0.201. The lowest BCUT2D eigenvalue weighted by Gasteiger charge is -2.14. The number of aromatic nitrogens is 1. The van der Waals surface area contributed by atoms with Crippen LogP contribution >= 0.6 is 0 Å². The molecule has 0 bridgehead atoms. The van der Waals surface area contributed by atoms with Crippen LogP contribution in [0.5, 0.6) is 0 Å². The first kappa shape index (κ1) is 34.5. The van der Waals surface area contributed by atoms with E-state index in [0.717, 1.165) is 66.1 Å². The molecule has 0 unspecified atom stereocenters. The van der Waals surface area contributed by atoms with E-state index in [2.05, 4.69) is 34.4 Å². The number of likely N-dealkylation sites (tertiary alicyclic amines) is 1. The van der Waals surface area contributed by atoms with Crippen molar-refractivity contribution in [2.45, 2.75) is 66.7 Å². The number of benzene rings is 2. The zero-order valence-corrected chi connectivity index (χ0v) is 26.9. The summed E-state index contributed by atoms with van der Waals surface area (Å²) in [5, 5.41) is 13.9. The fourth-order valence-corrected chi connectivity index (χ4v) is 5.24. The molecule has 3 heterocycles. The number of H-pyrrole nitrogens is 1. The molecule has 1 saturated heterocycles. The van der Waals surface area contributed by atoms with Gasteiger partial charge in [0.05, 0.1) is 5.57 Å². The van der Waals surface area contributed by atoms with Crippen molar-refractivity contribution in [1.82, 2.24) is 15.2 Å². The highest BCUT2D eigenvalue weighted by molar-refractivity contribution is 6.36. The topological polar surface area (TPSA) is 115 Å². The summed E-state index contributed by atoms with van der Waals surface area (Å²) >= 11 is 0. The average molecular weight is 601 g/mol. The third kappa shape index (κ3) is 9.00. The Kier molecular flexibility index (Phi) is 13.6. The third-order valence-electron chi connectivity index (χ3n) is 7.47. The van der Waals surface area contributed by atoms with E-state index in [1.165, 1.54) is 26.2 Å². The standard InChI is InChI=1S/C30H32N4O3.C3H8O.C3H8/c1-19-25(20(2)35)18-32-27(19)17-24-28-23(10-6-11-26(28)33-30(24)37)21-8-5-9-22(16-21)29(36)31-12-7-15-34-13-3-4-14-34;1-2-3-4;1-3-2/h5-6,8-11,16-18,32H,3-4,7,12-15H2,1-2H3,(H,31,36)(H,33,37);4H,2-3H2,1H3;3H2,1-2H3/b24-17-;;. The van der Waals surface area contributed by atoms with Gasteiger partial charge in [-0.3, -0.25) is 14.4 Å². The molecule has 4 N–H and O–H groups in total. The average Bonchev–Trinajstić information content (AvgIpc) is 3.75. The maximum atomic E-state index is 13.0. The molecule has 0 radical (unpaired) electrons. The molecule has 1 fully saturated rings. The van der Waals surface area contributed by atoms with Gasteiger partial charge in [0, 0.05) is 47.4 Å². The Morgan fingerprint density at radius 3 is 2.39 bits per heavy atom. The zero-order valence-electron chi connectivity index (χ0n) is 26.9. The number of fused-ring (bicyclic) bond motifs is 1. The van der Waals surface area contributed by atoms with Gasteiger partial charge in [0.25, 0.3) is 11.8 Å². The molecular weight excluding hydrogens is 552 g/mol. The Morgan fingerprint density at radius 2 is 1.75 bits per heavy atom. The predicted molar refractivity (Wildman–Crippen MR) is 180 cm³/mol. The van der Waals surface area contributed by atoms with Crippen LogP contribution < -0.4 is 10.6 Å². The predicted octanol–water partition coefficient (Wildman–Crippen LogP) is 6.71. The van der Waals surface area contributed by atoms with Crippen LogP contribution in [0.3, 0.4) is 0 Å². The summed E-state index contributed by atoms with van der Waals surface area (Å²) in [6.07, 6.45) is 9.07. The summed E-state index contributed by atoms with van der Waals surface area (Å²) in [5.41, 5.74) is 6.47. The lowest BCUT2D eigenvalue weighted by atomic mass is 9.93. The second-order valence-electron chi connectivity index (χ2n) is 11.2. The van der Waals surface area contributed by atoms with Crippen molar-refractivity contribution in [2.75, 3.05) is 38.1 Å². The minimum Gasteiger partial charge on any atom is -0.396 e. The van der Waals surface area contributed by atoms with Crippen LogP contribution in [-0.2, 0) is 4.79 Å². The Balaban J connectivity index is 0.000000688. The van der Waals surface area contributed by atoms with Crippen LogP contribution in [0.15, 0.2) is 48.7 Å². The summed E-state index contributed by atoms with van der Waals surface area (Å²) in [6, 6.07) is 13.2. The van der Waals surface area contributed by atoms with Gasteiger partial charge in [-0.1, -0.05) is 51.5 Å². The van der Waals surface area contributed by atoms with Gasteiger partial charge in [-0.2, -0.15) is 0 Å².